The molecule has 0 bridgehead atoms. The van der Waals surface area contributed by atoms with Gasteiger partial charge in [0, 0.05) is 24.4 Å². The molecule has 0 aliphatic heterocycles. The van der Waals surface area contributed by atoms with Crippen molar-refractivity contribution in [1.82, 2.24) is 4.90 Å². The van der Waals surface area contributed by atoms with Gasteiger partial charge in [-0.05, 0) is 48.9 Å². The first-order valence-electron chi connectivity index (χ1n) is 10.6. The van der Waals surface area contributed by atoms with Gasteiger partial charge in [0.05, 0.1) is 31.3 Å². The van der Waals surface area contributed by atoms with Gasteiger partial charge < -0.3 is 19.7 Å². The van der Waals surface area contributed by atoms with Crippen molar-refractivity contribution in [2.75, 3.05) is 37.9 Å². The average Bonchev–Trinajstić information content (AvgIpc) is 2.83. The molecule has 0 aliphatic rings. The molecule has 0 saturated carbocycles. The van der Waals surface area contributed by atoms with Crippen LogP contribution >= 0.6 is 0 Å². The summed E-state index contributed by atoms with van der Waals surface area (Å²) < 4.78 is 38.8. The molecule has 9 nitrogen and oxygen atoms in total. The molecule has 0 unspecified atom stereocenters. The van der Waals surface area contributed by atoms with E-state index in [1.165, 1.54) is 38.3 Å². The fourth-order valence-electron chi connectivity index (χ4n) is 3.33. The summed E-state index contributed by atoms with van der Waals surface area (Å²) in [6.07, 6.45) is 0. The second kappa shape index (κ2) is 10.9. The number of rotatable bonds is 9. The molecule has 2 amide bonds. The maximum absolute atomic E-state index is 13.1. The normalized spacial score (nSPS) is 10.9. The van der Waals surface area contributed by atoms with Crippen molar-refractivity contribution >= 4 is 33.2 Å². The number of methoxy groups -OCH3 is 2. The third kappa shape index (κ3) is 6.30. The van der Waals surface area contributed by atoms with Crippen LogP contribution < -0.4 is 19.5 Å². The lowest BCUT2D eigenvalue weighted by Crippen LogP contribution is -2.35. The minimum Gasteiger partial charge on any atom is -0.497 e. The number of hydrogen-bond acceptors (Lipinski definition) is 6. The number of hydrogen-bond donors (Lipinski definition) is 2. The first-order valence-corrected chi connectivity index (χ1v) is 12.1. The van der Waals surface area contributed by atoms with Crippen molar-refractivity contribution in [2.45, 2.75) is 11.8 Å². The first kappa shape index (κ1) is 25.6. The lowest BCUT2D eigenvalue weighted by Gasteiger charge is -2.19. The topological polar surface area (TPSA) is 114 Å². The fourth-order valence-corrected chi connectivity index (χ4v) is 4.42. The minimum absolute atomic E-state index is 0.0911. The van der Waals surface area contributed by atoms with E-state index in [9.17, 15) is 18.0 Å². The number of anilines is 2. The molecular weight excluding hydrogens is 470 g/mol. The highest BCUT2D eigenvalue weighted by Crippen LogP contribution is 2.27. The van der Waals surface area contributed by atoms with Crippen molar-refractivity contribution in [2.24, 2.45) is 0 Å². The highest BCUT2D eigenvalue weighted by atomic mass is 32.2. The van der Waals surface area contributed by atoms with Gasteiger partial charge in [-0.15, -0.1) is 0 Å². The molecule has 0 aliphatic carbocycles. The van der Waals surface area contributed by atoms with E-state index in [0.717, 1.165) is 0 Å². The van der Waals surface area contributed by atoms with Gasteiger partial charge in [0.2, 0.25) is 5.91 Å². The molecule has 10 heteroatoms. The molecule has 0 saturated heterocycles. The van der Waals surface area contributed by atoms with Gasteiger partial charge in [0.25, 0.3) is 15.9 Å². The zero-order valence-electron chi connectivity index (χ0n) is 19.9. The highest BCUT2D eigenvalue weighted by molar-refractivity contribution is 7.92. The summed E-state index contributed by atoms with van der Waals surface area (Å²) in [7, 11) is 0.431. The van der Waals surface area contributed by atoms with Gasteiger partial charge in [-0.3, -0.25) is 14.3 Å². The third-order valence-electron chi connectivity index (χ3n) is 5.18. The molecule has 0 atom stereocenters. The zero-order chi connectivity index (χ0) is 25.6. The maximum Gasteiger partial charge on any atom is 0.262 e. The molecule has 0 fully saturated rings. The number of ether oxygens (including phenoxy) is 2. The van der Waals surface area contributed by atoms with Crippen LogP contribution in [-0.2, 0) is 14.8 Å². The Morgan fingerprint density at radius 2 is 1.69 bits per heavy atom. The predicted octanol–water partition coefficient (Wildman–Crippen LogP) is 3.52. The van der Waals surface area contributed by atoms with Crippen LogP contribution in [0.3, 0.4) is 0 Å². The Morgan fingerprint density at radius 1 is 0.943 bits per heavy atom. The van der Waals surface area contributed by atoms with Crippen molar-refractivity contribution in [3.63, 3.8) is 0 Å². The number of aryl methyl sites for hydroxylation is 1. The molecule has 35 heavy (non-hydrogen) atoms. The largest absolute Gasteiger partial charge is 0.497 e. The third-order valence-corrected chi connectivity index (χ3v) is 6.55. The zero-order valence-corrected chi connectivity index (χ0v) is 20.7. The van der Waals surface area contributed by atoms with Crippen LogP contribution in [0.15, 0.2) is 71.6 Å². The van der Waals surface area contributed by atoms with Gasteiger partial charge in [0.1, 0.15) is 11.5 Å². The van der Waals surface area contributed by atoms with E-state index >= 15 is 0 Å². The van der Waals surface area contributed by atoms with E-state index < -0.39 is 21.8 Å². The van der Waals surface area contributed by atoms with Crippen LogP contribution in [-0.4, -0.2) is 52.9 Å². The van der Waals surface area contributed by atoms with Gasteiger partial charge in [-0.1, -0.05) is 24.3 Å². The summed E-state index contributed by atoms with van der Waals surface area (Å²) in [5, 5.41) is 2.71. The second-order valence-corrected chi connectivity index (χ2v) is 9.41. The lowest BCUT2D eigenvalue weighted by atomic mass is 10.1. The lowest BCUT2D eigenvalue weighted by molar-refractivity contribution is -0.116. The van der Waals surface area contributed by atoms with E-state index in [4.69, 9.17) is 9.47 Å². The van der Waals surface area contributed by atoms with Crippen LogP contribution in [0.4, 0.5) is 11.4 Å². The van der Waals surface area contributed by atoms with E-state index in [1.54, 1.807) is 61.5 Å². The second-order valence-electron chi connectivity index (χ2n) is 7.72. The Hall–Kier alpha value is -4.05. The standard InChI is InChI=1S/C25H27N3O6S/c1-17-12-13-20(35(31,32)27-22-10-5-6-11-23(22)34-4)15-21(17)25(30)28(2)16-24(29)26-18-8-7-9-19(14-18)33-3/h5-15,27H,16H2,1-4H3,(H,26,29). The SMILES string of the molecule is COc1cccc(NC(=O)CN(C)C(=O)c2cc(S(=O)(=O)Nc3ccccc3OC)ccc2C)c1. The number of carbonyl (C=O) groups is 2. The molecule has 0 aromatic heterocycles. The number of nitrogens with zero attached hydrogens (tertiary/aromatic N) is 1. The summed E-state index contributed by atoms with van der Waals surface area (Å²) in [5.74, 6) is 0.0508. The number of nitrogens with one attached hydrogen (secondary N) is 2. The molecule has 0 radical (unpaired) electrons. The van der Waals surface area contributed by atoms with Gasteiger partial charge in [-0.25, -0.2) is 8.42 Å². The number of benzene rings is 3. The quantitative estimate of drug-likeness (QED) is 0.468. The molecule has 3 rings (SSSR count). The average molecular weight is 498 g/mol. The minimum atomic E-state index is -4.01. The van der Waals surface area contributed by atoms with Crippen LogP contribution in [0.2, 0.25) is 0 Å². The van der Waals surface area contributed by atoms with Crippen LogP contribution in [0.1, 0.15) is 15.9 Å². The highest BCUT2D eigenvalue weighted by Gasteiger charge is 2.22. The van der Waals surface area contributed by atoms with Gasteiger partial charge in [0.15, 0.2) is 0 Å². The molecule has 184 valence electrons. The van der Waals surface area contributed by atoms with Crippen molar-refractivity contribution in [3.05, 3.63) is 77.9 Å². The molecule has 2 N–H and O–H groups in total. The first-order chi connectivity index (χ1) is 16.6. The summed E-state index contributed by atoms with van der Waals surface area (Å²) >= 11 is 0. The number of amides is 2. The molecule has 3 aromatic carbocycles. The Labute approximate surface area is 204 Å². The summed E-state index contributed by atoms with van der Waals surface area (Å²) in [5.41, 5.74) is 1.55. The number of para-hydroxylation sites is 2. The Bertz CT molecular complexity index is 1340. The molecule has 0 spiro atoms. The Morgan fingerprint density at radius 3 is 2.40 bits per heavy atom. The summed E-state index contributed by atoms with van der Waals surface area (Å²) in [6.45, 7) is 1.47. The van der Waals surface area contributed by atoms with Gasteiger partial charge in [-0.2, -0.15) is 0 Å². The van der Waals surface area contributed by atoms with Gasteiger partial charge >= 0.3 is 0 Å². The predicted molar refractivity (Wildman–Crippen MR) is 134 cm³/mol. The van der Waals surface area contributed by atoms with E-state index in [-0.39, 0.29) is 22.7 Å². The number of sulfonamides is 1. The number of likely N-dealkylation sites (N-methyl/N-ethyl adjacent to an activating group) is 1. The van der Waals surface area contributed by atoms with E-state index in [2.05, 4.69) is 10.0 Å². The van der Waals surface area contributed by atoms with Crippen LogP contribution in [0.25, 0.3) is 0 Å². The monoisotopic (exact) mass is 497 g/mol. The maximum atomic E-state index is 13.1. The van der Waals surface area contributed by atoms with Crippen LogP contribution in [0.5, 0.6) is 11.5 Å². The number of carbonyl (C=O) groups excluding carboxylic acids is 2. The Kier molecular flexibility index (Phi) is 7.98. The summed E-state index contributed by atoms with van der Waals surface area (Å²) in [6, 6.07) is 17.7. The van der Waals surface area contributed by atoms with Crippen LogP contribution in [0, 0.1) is 6.92 Å². The van der Waals surface area contributed by atoms with E-state index in [1.807, 2.05) is 0 Å². The van der Waals surface area contributed by atoms with E-state index in [0.29, 0.717) is 22.7 Å². The fraction of sp³-hybridized carbons (Fsp3) is 0.200. The van der Waals surface area contributed by atoms with Crippen molar-refractivity contribution < 1.29 is 27.5 Å². The molecule has 3 aromatic rings. The molecule has 0 heterocycles. The summed E-state index contributed by atoms with van der Waals surface area (Å²) in [4.78, 5) is 26.7. The van der Waals surface area contributed by atoms with Crippen molar-refractivity contribution in [1.29, 1.82) is 0 Å². The Balaban J connectivity index is 1.76. The smallest absolute Gasteiger partial charge is 0.262 e. The van der Waals surface area contributed by atoms with Crippen molar-refractivity contribution in [3.8, 4) is 11.5 Å². The molecular formula is C25H27N3O6S.